The summed E-state index contributed by atoms with van der Waals surface area (Å²) in [7, 11) is 0. The fourth-order valence-electron chi connectivity index (χ4n) is 0.957. The Morgan fingerprint density at radius 2 is 2.18 bits per heavy atom. The Morgan fingerprint density at radius 3 is 2.55 bits per heavy atom. The second kappa shape index (κ2) is 3.83. The number of carbonyl (C=O) groups is 1. The summed E-state index contributed by atoms with van der Waals surface area (Å²) in [5, 5.41) is 11.8. The summed E-state index contributed by atoms with van der Waals surface area (Å²) in [6, 6.07) is -0.0777. The molecule has 5 heteroatoms. The van der Waals surface area contributed by atoms with Gasteiger partial charge in [-0.1, -0.05) is 12.5 Å². The van der Waals surface area contributed by atoms with Crippen molar-refractivity contribution in [2.24, 2.45) is 11.0 Å². The predicted molar refractivity (Wildman–Crippen MR) is 40.0 cm³/mol. The maximum Gasteiger partial charge on any atom is 0.306 e. The molecule has 0 spiro atoms. The predicted octanol–water partition coefficient (Wildman–Crippen LogP) is 1.80. The molecule has 62 valence electrons. The second-order valence-corrected chi connectivity index (χ2v) is 2.37. The van der Waals surface area contributed by atoms with E-state index < -0.39 is 5.97 Å². The highest BCUT2D eigenvalue weighted by Gasteiger charge is 2.33. The van der Waals surface area contributed by atoms with Gasteiger partial charge in [-0.3, -0.25) is 4.79 Å². The summed E-state index contributed by atoms with van der Waals surface area (Å²) < 4.78 is 0. The third kappa shape index (κ3) is 2.13. The van der Waals surface area contributed by atoms with Gasteiger partial charge in [0.25, 0.3) is 0 Å². The van der Waals surface area contributed by atoms with E-state index in [0.29, 0.717) is 12.8 Å². The van der Waals surface area contributed by atoms with E-state index in [1.54, 1.807) is 0 Å². The minimum Gasteiger partial charge on any atom is -0.481 e. The van der Waals surface area contributed by atoms with Gasteiger partial charge >= 0.3 is 5.97 Å². The minimum absolute atomic E-state index is 0. The molecule has 0 aromatic rings. The van der Waals surface area contributed by atoms with Crippen molar-refractivity contribution in [2.75, 3.05) is 0 Å². The van der Waals surface area contributed by atoms with E-state index in [9.17, 15) is 4.79 Å². The van der Waals surface area contributed by atoms with Crippen LogP contribution in [-0.4, -0.2) is 17.1 Å². The van der Waals surface area contributed by atoms with Gasteiger partial charge in [-0.25, -0.2) is 0 Å². The fraction of sp³-hybridized carbons (Fsp3) is 0.833. The van der Waals surface area contributed by atoms with Crippen molar-refractivity contribution in [3.8, 4) is 0 Å². The molecule has 0 aliphatic heterocycles. The van der Waals surface area contributed by atoms with Crippen LogP contribution >= 0.6 is 0 Å². The molecular formula is C6H11N3O2. The first kappa shape index (κ1) is 9.78. The molecule has 1 aliphatic rings. The minimum atomic E-state index is -0.788. The van der Waals surface area contributed by atoms with Crippen LogP contribution in [0.25, 0.3) is 10.4 Å². The summed E-state index contributed by atoms with van der Waals surface area (Å²) in [5.74, 6) is -1.07. The molecule has 1 N–H and O–H groups in total. The largest absolute Gasteiger partial charge is 0.481 e. The van der Waals surface area contributed by atoms with E-state index in [1.165, 1.54) is 0 Å². The molecule has 11 heavy (non-hydrogen) atoms. The molecular weight excluding hydrogens is 146 g/mol. The highest BCUT2D eigenvalue weighted by Crippen LogP contribution is 2.29. The summed E-state index contributed by atoms with van der Waals surface area (Å²) in [6.07, 6.45) is 0.999. The van der Waals surface area contributed by atoms with Gasteiger partial charge in [-0.2, -0.15) is 0 Å². The number of rotatable bonds is 2. The van der Waals surface area contributed by atoms with Gasteiger partial charge in [0.2, 0.25) is 0 Å². The lowest BCUT2D eigenvalue weighted by molar-refractivity contribution is -0.145. The molecule has 0 saturated heterocycles. The standard InChI is InChI=1S/C5H7N3O2.CH4/c6-8-7-4-1-3(2-4)5(9)10;/h3-4H,1-2H2,(H,9,10);1H4. The number of hydrogen-bond acceptors (Lipinski definition) is 2. The zero-order valence-electron chi connectivity index (χ0n) is 5.27. The van der Waals surface area contributed by atoms with Gasteiger partial charge in [0, 0.05) is 11.0 Å². The summed E-state index contributed by atoms with van der Waals surface area (Å²) in [6.45, 7) is 0. The molecule has 0 bridgehead atoms. The first-order chi connectivity index (χ1) is 4.74. The van der Waals surface area contributed by atoms with Crippen LogP contribution in [0, 0.1) is 5.92 Å². The van der Waals surface area contributed by atoms with Gasteiger partial charge < -0.3 is 5.11 Å². The molecule has 1 rings (SSSR count). The first-order valence-electron chi connectivity index (χ1n) is 3.01. The Morgan fingerprint density at radius 1 is 1.64 bits per heavy atom. The Labute approximate surface area is 64.7 Å². The zero-order valence-corrected chi connectivity index (χ0v) is 5.27. The maximum absolute atomic E-state index is 10.2. The molecule has 0 heterocycles. The van der Waals surface area contributed by atoms with Gasteiger partial charge in [0.15, 0.2) is 0 Å². The average molecular weight is 157 g/mol. The SMILES string of the molecule is C.[N-]=[N+]=NC1CC(C(=O)O)C1. The summed E-state index contributed by atoms with van der Waals surface area (Å²) >= 11 is 0. The number of aliphatic carboxylic acids is 1. The zero-order chi connectivity index (χ0) is 7.56. The number of azide groups is 1. The molecule has 0 atom stereocenters. The molecule has 0 unspecified atom stereocenters. The van der Waals surface area contributed by atoms with E-state index in [2.05, 4.69) is 10.0 Å². The van der Waals surface area contributed by atoms with Crippen molar-refractivity contribution in [1.29, 1.82) is 0 Å². The molecule has 1 saturated carbocycles. The normalized spacial score (nSPS) is 27.3. The van der Waals surface area contributed by atoms with E-state index in [-0.39, 0.29) is 19.4 Å². The lowest BCUT2D eigenvalue weighted by atomic mass is 9.81. The van der Waals surface area contributed by atoms with Crippen molar-refractivity contribution in [2.45, 2.75) is 26.3 Å². The molecule has 0 aromatic heterocycles. The Bertz CT molecular complexity index is 186. The van der Waals surface area contributed by atoms with Crippen LogP contribution in [0.5, 0.6) is 0 Å². The number of carboxylic acids is 1. The van der Waals surface area contributed by atoms with Gasteiger partial charge in [0.05, 0.1) is 5.92 Å². The van der Waals surface area contributed by atoms with Crippen LogP contribution < -0.4 is 0 Å². The molecule has 1 fully saturated rings. The van der Waals surface area contributed by atoms with Crippen LogP contribution in [0.2, 0.25) is 0 Å². The average Bonchev–Trinajstić information content (AvgIpc) is 1.76. The number of nitrogens with zero attached hydrogens (tertiary/aromatic N) is 3. The summed E-state index contributed by atoms with van der Waals surface area (Å²) in [4.78, 5) is 12.8. The fourth-order valence-corrected chi connectivity index (χ4v) is 0.957. The molecule has 0 amide bonds. The third-order valence-corrected chi connectivity index (χ3v) is 1.68. The van der Waals surface area contributed by atoms with Crippen LogP contribution in [0.15, 0.2) is 5.11 Å². The van der Waals surface area contributed by atoms with Gasteiger partial charge in [-0.15, -0.1) is 0 Å². The highest BCUT2D eigenvalue weighted by molar-refractivity contribution is 5.71. The Balaban J connectivity index is 0.000001000. The third-order valence-electron chi connectivity index (χ3n) is 1.68. The van der Waals surface area contributed by atoms with Gasteiger partial charge in [0.1, 0.15) is 0 Å². The molecule has 1 aliphatic carbocycles. The maximum atomic E-state index is 10.2. The van der Waals surface area contributed by atoms with Crippen LogP contribution in [0.1, 0.15) is 20.3 Å². The topological polar surface area (TPSA) is 86.1 Å². The Hall–Kier alpha value is -1.22. The monoisotopic (exact) mass is 157 g/mol. The molecule has 5 nitrogen and oxygen atoms in total. The van der Waals surface area contributed by atoms with Crippen molar-refractivity contribution < 1.29 is 9.90 Å². The number of carboxylic acid groups (broad SMARTS) is 1. The smallest absolute Gasteiger partial charge is 0.306 e. The lowest BCUT2D eigenvalue weighted by Gasteiger charge is -2.27. The van der Waals surface area contributed by atoms with Crippen molar-refractivity contribution in [3.05, 3.63) is 10.4 Å². The first-order valence-corrected chi connectivity index (χ1v) is 3.01. The van der Waals surface area contributed by atoms with Crippen molar-refractivity contribution in [3.63, 3.8) is 0 Å². The van der Waals surface area contributed by atoms with Crippen LogP contribution in [0.3, 0.4) is 0 Å². The van der Waals surface area contributed by atoms with Gasteiger partial charge in [-0.05, 0) is 18.4 Å². The van der Waals surface area contributed by atoms with E-state index in [4.69, 9.17) is 10.6 Å². The number of hydrogen-bond donors (Lipinski definition) is 1. The molecule has 0 aromatic carbocycles. The van der Waals surface area contributed by atoms with Crippen molar-refractivity contribution >= 4 is 5.97 Å². The highest BCUT2D eigenvalue weighted by atomic mass is 16.4. The van der Waals surface area contributed by atoms with E-state index in [0.717, 1.165) is 0 Å². The van der Waals surface area contributed by atoms with Crippen molar-refractivity contribution in [1.82, 2.24) is 0 Å². The van der Waals surface area contributed by atoms with E-state index in [1.807, 2.05) is 0 Å². The molecule has 0 radical (unpaired) electrons. The van der Waals surface area contributed by atoms with Crippen LogP contribution in [-0.2, 0) is 4.79 Å². The lowest BCUT2D eigenvalue weighted by Crippen LogP contribution is -2.32. The second-order valence-electron chi connectivity index (χ2n) is 2.37. The quantitative estimate of drug-likeness (QED) is 0.376. The summed E-state index contributed by atoms with van der Waals surface area (Å²) in [5.41, 5.74) is 7.94. The van der Waals surface area contributed by atoms with E-state index >= 15 is 0 Å². The van der Waals surface area contributed by atoms with Crippen LogP contribution in [0.4, 0.5) is 0 Å². The Kier molecular flexibility index (Phi) is 3.40.